The number of hydrogen-bond donors (Lipinski definition) is 6. The molecule has 0 aromatic heterocycles. The van der Waals surface area contributed by atoms with Gasteiger partial charge in [-0.15, -0.1) is 0 Å². The topological polar surface area (TPSA) is 184 Å². The van der Waals surface area contributed by atoms with Crippen molar-refractivity contribution in [2.24, 2.45) is 0 Å². The minimum Gasteiger partial charge on any atom is -0.462 e. The Labute approximate surface area is 200 Å². The first-order valence-electron chi connectivity index (χ1n) is 11.1. The number of aliphatic hydroxyl groups excluding tert-OH is 5. The SMILES string of the molecule is CC(=O)[C@H]1O[C@@H](Oc2ccc(C=C(C)C(=O)NC3[C@@H](O)[C@@H]4OCO[C@@H]4[C@H](O)[C@H]3O)cc2)[C@@H](O)[C@@H]1O. The van der Waals surface area contributed by atoms with E-state index in [0.717, 1.165) is 0 Å². The van der Waals surface area contributed by atoms with Crippen LogP contribution < -0.4 is 10.1 Å². The number of Topliss-reactive ketones (excluding diaryl/α,β-unsaturated/α-hetero) is 1. The Bertz CT molecular complexity index is 967. The molecule has 2 saturated heterocycles. The number of fused-ring (bicyclic) bond motifs is 1. The fraction of sp³-hybridized carbons (Fsp3) is 0.565. The fourth-order valence-electron chi connectivity index (χ4n) is 4.39. The van der Waals surface area contributed by atoms with Crippen molar-refractivity contribution >= 4 is 17.8 Å². The van der Waals surface area contributed by atoms with Crippen LogP contribution in [0.15, 0.2) is 29.8 Å². The highest BCUT2D eigenvalue weighted by atomic mass is 16.7. The van der Waals surface area contributed by atoms with E-state index < -0.39 is 72.9 Å². The molecular formula is C23H29NO11. The number of hydrogen-bond acceptors (Lipinski definition) is 11. The normalized spacial score (nSPS) is 39.2. The van der Waals surface area contributed by atoms with Crippen LogP contribution >= 0.6 is 0 Å². The predicted molar refractivity (Wildman–Crippen MR) is 117 cm³/mol. The molecule has 10 atom stereocenters. The predicted octanol–water partition coefficient (Wildman–Crippen LogP) is -2.17. The van der Waals surface area contributed by atoms with Crippen molar-refractivity contribution in [2.75, 3.05) is 6.79 Å². The highest BCUT2D eigenvalue weighted by molar-refractivity contribution is 5.97. The summed E-state index contributed by atoms with van der Waals surface area (Å²) in [7, 11) is 0. The Morgan fingerprint density at radius 1 is 0.914 bits per heavy atom. The zero-order valence-corrected chi connectivity index (χ0v) is 19.1. The third kappa shape index (κ3) is 5.10. The maximum absolute atomic E-state index is 12.7. The van der Waals surface area contributed by atoms with Crippen LogP contribution in [0.5, 0.6) is 5.75 Å². The summed E-state index contributed by atoms with van der Waals surface area (Å²) in [5.41, 5.74) is 0.886. The summed E-state index contributed by atoms with van der Waals surface area (Å²) in [6, 6.07) is 5.22. The Balaban J connectivity index is 1.37. The van der Waals surface area contributed by atoms with E-state index in [-0.39, 0.29) is 12.4 Å². The van der Waals surface area contributed by atoms with Gasteiger partial charge in [0, 0.05) is 5.57 Å². The molecule has 1 aliphatic carbocycles. The lowest BCUT2D eigenvalue weighted by molar-refractivity contribution is -0.155. The summed E-state index contributed by atoms with van der Waals surface area (Å²) in [4.78, 5) is 24.2. The number of amides is 1. The maximum Gasteiger partial charge on any atom is 0.247 e. The van der Waals surface area contributed by atoms with Crippen molar-refractivity contribution in [3.05, 3.63) is 35.4 Å². The lowest BCUT2D eigenvalue weighted by Crippen LogP contribution is -2.67. The van der Waals surface area contributed by atoms with E-state index in [2.05, 4.69) is 5.32 Å². The molecule has 1 saturated carbocycles. The van der Waals surface area contributed by atoms with Gasteiger partial charge >= 0.3 is 0 Å². The summed E-state index contributed by atoms with van der Waals surface area (Å²) in [6.07, 6.45) is -9.41. The minimum absolute atomic E-state index is 0.126. The summed E-state index contributed by atoms with van der Waals surface area (Å²) < 4.78 is 21.3. The largest absolute Gasteiger partial charge is 0.462 e. The molecule has 12 nitrogen and oxygen atoms in total. The van der Waals surface area contributed by atoms with E-state index in [4.69, 9.17) is 18.9 Å². The highest BCUT2D eigenvalue weighted by Crippen LogP contribution is 2.30. The van der Waals surface area contributed by atoms with E-state index >= 15 is 0 Å². The van der Waals surface area contributed by atoms with Crippen LogP contribution in [-0.4, -0.2) is 105 Å². The quantitative estimate of drug-likeness (QED) is 0.236. The van der Waals surface area contributed by atoms with Gasteiger partial charge in [-0.25, -0.2) is 0 Å². The molecule has 192 valence electrons. The molecule has 3 aliphatic rings. The number of ketones is 1. The first-order chi connectivity index (χ1) is 16.6. The highest BCUT2D eigenvalue weighted by Gasteiger charge is 2.53. The maximum atomic E-state index is 12.7. The molecule has 1 aromatic carbocycles. The molecule has 1 unspecified atom stereocenters. The molecule has 2 aliphatic heterocycles. The van der Waals surface area contributed by atoms with Crippen LogP contribution in [0, 0.1) is 0 Å². The van der Waals surface area contributed by atoms with Gasteiger partial charge in [0.15, 0.2) is 5.78 Å². The molecule has 12 heteroatoms. The van der Waals surface area contributed by atoms with Crippen LogP contribution in [0.4, 0.5) is 0 Å². The molecule has 0 spiro atoms. The number of nitrogens with one attached hydrogen (secondary N) is 1. The molecular weight excluding hydrogens is 466 g/mol. The van der Waals surface area contributed by atoms with Crippen LogP contribution in [-0.2, 0) is 23.8 Å². The molecule has 3 fully saturated rings. The Morgan fingerprint density at radius 3 is 2.14 bits per heavy atom. The molecule has 6 N–H and O–H groups in total. The monoisotopic (exact) mass is 495 g/mol. The van der Waals surface area contributed by atoms with Crippen molar-refractivity contribution in [2.45, 2.75) is 75.0 Å². The number of ether oxygens (including phenoxy) is 4. The molecule has 4 rings (SSSR count). The van der Waals surface area contributed by atoms with Gasteiger partial charge in [0.1, 0.15) is 61.4 Å². The van der Waals surface area contributed by atoms with Crippen molar-refractivity contribution in [3.8, 4) is 5.75 Å². The summed E-state index contributed by atoms with van der Waals surface area (Å²) >= 11 is 0. The molecule has 2 heterocycles. The van der Waals surface area contributed by atoms with E-state index in [1.807, 2.05) is 0 Å². The zero-order valence-electron chi connectivity index (χ0n) is 19.1. The van der Waals surface area contributed by atoms with E-state index in [9.17, 15) is 35.1 Å². The van der Waals surface area contributed by atoms with Crippen LogP contribution in [0.3, 0.4) is 0 Å². The second-order valence-electron chi connectivity index (χ2n) is 8.88. The summed E-state index contributed by atoms with van der Waals surface area (Å²) in [5.74, 6) is -0.686. The average molecular weight is 495 g/mol. The van der Waals surface area contributed by atoms with Gasteiger partial charge in [-0.3, -0.25) is 9.59 Å². The average Bonchev–Trinajstić information content (AvgIpc) is 3.43. The van der Waals surface area contributed by atoms with Gasteiger partial charge in [-0.1, -0.05) is 12.1 Å². The molecule has 1 aromatic rings. The Kier molecular flexibility index (Phi) is 7.54. The van der Waals surface area contributed by atoms with Gasteiger partial charge in [0.05, 0.1) is 6.04 Å². The first kappa shape index (κ1) is 25.7. The molecule has 0 bridgehead atoms. The fourth-order valence-corrected chi connectivity index (χ4v) is 4.39. The summed E-state index contributed by atoms with van der Waals surface area (Å²) in [5, 5.41) is 53.5. The van der Waals surface area contributed by atoms with Crippen LogP contribution in [0.2, 0.25) is 0 Å². The lowest BCUT2D eigenvalue weighted by atomic mass is 9.83. The standard InChI is InChI=1S/C23H29NO11/c1-9(22(31)24-13-14(26)16(28)21-20(15(13)27)32-8-33-21)7-11-3-5-12(6-4-11)34-23-18(30)17(29)19(35-23)10(2)25/h3-7,13-21,23,26-30H,8H2,1-2H3,(H,24,31)/t13?,14-,15+,16+,17-,18-,19+,20-,21+,23+/m0/s1. The minimum atomic E-state index is -1.45. The third-order valence-corrected chi connectivity index (χ3v) is 6.40. The van der Waals surface area contributed by atoms with Crippen LogP contribution in [0.25, 0.3) is 6.08 Å². The van der Waals surface area contributed by atoms with Gasteiger partial charge in [-0.2, -0.15) is 0 Å². The number of carbonyl (C=O) groups is 2. The smallest absolute Gasteiger partial charge is 0.247 e. The second kappa shape index (κ2) is 10.3. The van der Waals surface area contributed by atoms with Gasteiger partial charge < -0.3 is 49.8 Å². The van der Waals surface area contributed by atoms with E-state index in [1.165, 1.54) is 6.92 Å². The number of rotatable bonds is 6. The number of benzene rings is 1. The van der Waals surface area contributed by atoms with Crippen molar-refractivity contribution in [1.82, 2.24) is 5.32 Å². The van der Waals surface area contributed by atoms with Crippen molar-refractivity contribution in [1.29, 1.82) is 0 Å². The zero-order chi connectivity index (χ0) is 25.4. The number of carbonyl (C=O) groups excluding carboxylic acids is 2. The lowest BCUT2D eigenvalue weighted by Gasteiger charge is -2.41. The van der Waals surface area contributed by atoms with Gasteiger partial charge in [-0.05, 0) is 37.6 Å². The third-order valence-electron chi connectivity index (χ3n) is 6.40. The van der Waals surface area contributed by atoms with Gasteiger partial charge in [0.25, 0.3) is 0 Å². The number of aliphatic hydroxyl groups is 5. The van der Waals surface area contributed by atoms with Gasteiger partial charge in [0.2, 0.25) is 12.2 Å². The molecule has 1 amide bonds. The van der Waals surface area contributed by atoms with Crippen molar-refractivity contribution in [3.63, 3.8) is 0 Å². The van der Waals surface area contributed by atoms with E-state index in [0.29, 0.717) is 11.3 Å². The molecule has 35 heavy (non-hydrogen) atoms. The first-order valence-corrected chi connectivity index (χ1v) is 11.1. The summed E-state index contributed by atoms with van der Waals surface area (Å²) in [6.45, 7) is 2.66. The Morgan fingerprint density at radius 2 is 1.54 bits per heavy atom. The Hall–Kier alpha value is -2.42. The second-order valence-corrected chi connectivity index (χ2v) is 8.88. The van der Waals surface area contributed by atoms with Crippen LogP contribution in [0.1, 0.15) is 19.4 Å². The van der Waals surface area contributed by atoms with Crippen molar-refractivity contribution < 1.29 is 54.1 Å². The van der Waals surface area contributed by atoms with E-state index in [1.54, 1.807) is 37.3 Å². The molecule has 0 radical (unpaired) electrons.